The molecule has 3 aromatic carbocycles. The van der Waals surface area contributed by atoms with Crippen molar-refractivity contribution in [3.05, 3.63) is 114 Å². The van der Waals surface area contributed by atoms with Crippen LogP contribution in [-0.2, 0) is 17.1 Å². The smallest absolute Gasteiger partial charge is 0.872 e. The molecule has 0 fully saturated rings. The maximum Gasteiger partial charge on any atom is 2.00 e. The van der Waals surface area contributed by atoms with Crippen LogP contribution in [0.2, 0.25) is 0 Å². The van der Waals surface area contributed by atoms with E-state index in [1.165, 1.54) is 0 Å². The number of ether oxygens (including phenoxy) is 1. The fourth-order valence-corrected chi connectivity index (χ4v) is 2.93. The first-order valence-corrected chi connectivity index (χ1v) is 8.17. The van der Waals surface area contributed by atoms with Gasteiger partial charge in [-0.25, -0.2) is 12.1 Å². The molecule has 0 unspecified atom stereocenters. The molecule has 0 amide bonds. The number of allylic oxidation sites excluding steroid dienone is 6. The third-order valence-corrected chi connectivity index (χ3v) is 4.12. The molecule has 0 N–H and O–H groups in total. The monoisotopic (exact) mass is 380 g/mol. The van der Waals surface area contributed by atoms with Crippen molar-refractivity contribution in [3.8, 4) is 5.75 Å². The van der Waals surface area contributed by atoms with Crippen LogP contribution >= 0.6 is 0 Å². The molecule has 0 radical (unpaired) electrons. The van der Waals surface area contributed by atoms with E-state index in [-0.39, 0.29) is 22.8 Å². The van der Waals surface area contributed by atoms with E-state index in [0.29, 0.717) is 17.1 Å². The van der Waals surface area contributed by atoms with Crippen LogP contribution in [0.3, 0.4) is 0 Å². The Hall–Kier alpha value is -2.87. The van der Waals surface area contributed by atoms with Crippen molar-refractivity contribution >= 4 is 16.5 Å². The van der Waals surface area contributed by atoms with Gasteiger partial charge in [0.1, 0.15) is 11.5 Å². The van der Waals surface area contributed by atoms with Gasteiger partial charge in [0.25, 0.3) is 0 Å². The summed E-state index contributed by atoms with van der Waals surface area (Å²) in [6.45, 7) is 0. The van der Waals surface area contributed by atoms with E-state index in [9.17, 15) is 5.11 Å². The third kappa shape index (κ3) is 3.55. The Morgan fingerprint density at radius 1 is 0.846 bits per heavy atom. The zero-order valence-corrected chi connectivity index (χ0v) is 15.0. The van der Waals surface area contributed by atoms with Crippen molar-refractivity contribution in [2.45, 2.75) is 0 Å². The second-order valence-corrected chi connectivity index (χ2v) is 5.77. The van der Waals surface area contributed by atoms with Crippen LogP contribution in [0.5, 0.6) is 5.75 Å². The fraction of sp³-hybridized carbons (Fsp3) is 0. The molecule has 128 valence electrons. The van der Waals surface area contributed by atoms with Gasteiger partial charge >= 0.3 is 17.1 Å². The molecule has 3 heteroatoms. The Morgan fingerprint density at radius 3 is 2.27 bits per heavy atom. The van der Waals surface area contributed by atoms with Crippen molar-refractivity contribution in [1.82, 2.24) is 0 Å². The summed E-state index contributed by atoms with van der Waals surface area (Å²) in [5, 5.41) is 14.4. The number of benzene rings is 2. The van der Waals surface area contributed by atoms with Gasteiger partial charge in [0, 0.05) is 11.1 Å². The molecule has 0 atom stereocenters. The van der Waals surface area contributed by atoms with Crippen molar-refractivity contribution in [3.63, 3.8) is 0 Å². The topological polar surface area (TPSA) is 32.3 Å². The molecule has 2 aliphatic rings. The molecule has 5 rings (SSSR count). The Kier molecular flexibility index (Phi) is 5.52. The zero-order chi connectivity index (χ0) is 17.1. The number of rotatable bonds is 0. The van der Waals surface area contributed by atoms with Gasteiger partial charge in [-0.15, -0.1) is 0 Å². The molecule has 0 saturated heterocycles. The molecule has 26 heavy (non-hydrogen) atoms. The summed E-state index contributed by atoms with van der Waals surface area (Å²) in [5.41, 5.74) is 1.58. The van der Waals surface area contributed by atoms with Crippen LogP contribution in [0.15, 0.2) is 108 Å². The van der Waals surface area contributed by atoms with Crippen molar-refractivity contribution in [2.75, 3.05) is 0 Å². The maximum absolute atomic E-state index is 12.4. The second-order valence-electron chi connectivity index (χ2n) is 5.77. The second kappa shape index (κ2) is 8.01. The largest absolute Gasteiger partial charge is 2.00 e. The van der Waals surface area contributed by atoms with E-state index in [2.05, 4.69) is 0 Å². The molecule has 3 aromatic rings. The molecule has 0 spiro atoms. The van der Waals surface area contributed by atoms with Gasteiger partial charge in [0.15, 0.2) is 0 Å². The van der Waals surface area contributed by atoms with E-state index < -0.39 is 0 Å². The summed E-state index contributed by atoms with van der Waals surface area (Å²) in [6, 6.07) is 21.7. The predicted molar refractivity (Wildman–Crippen MR) is 99.9 cm³/mol. The standard InChI is InChI=1S/C18H12O2.C5H5.Fe/c19-15-11-17(13-6-1-2-7-13)20-16-10-9-12-5-3-4-8-14(12)18(15)16;1-2-4-5-3-1;/h1-11,19H;1-5H;/q;-1;+2/p-1. The summed E-state index contributed by atoms with van der Waals surface area (Å²) in [5.74, 6) is 1.24. The van der Waals surface area contributed by atoms with Crippen LogP contribution in [0.4, 0.5) is 0 Å². The average molecular weight is 380 g/mol. The summed E-state index contributed by atoms with van der Waals surface area (Å²) in [7, 11) is 0. The third-order valence-electron chi connectivity index (χ3n) is 4.12. The Morgan fingerprint density at radius 2 is 1.58 bits per heavy atom. The molecule has 0 bridgehead atoms. The van der Waals surface area contributed by atoms with Crippen molar-refractivity contribution < 1.29 is 26.9 Å². The Labute approximate surface area is 163 Å². The molecule has 2 nitrogen and oxygen atoms in total. The first-order chi connectivity index (χ1) is 12.3. The SMILES string of the molecule is [Fe+2].[O-]C1=CC(=C2C=CC=C2)Oc2ccc3ccccc3c21.c1cc[cH-]c1. The van der Waals surface area contributed by atoms with E-state index in [4.69, 9.17) is 4.74 Å². The van der Waals surface area contributed by atoms with Crippen LogP contribution in [0.1, 0.15) is 5.56 Å². The molecular weight excluding hydrogens is 364 g/mol. The molecule has 1 aliphatic carbocycles. The minimum absolute atomic E-state index is 0. The van der Waals surface area contributed by atoms with E-state index in [1.54, 1.807) is 6.08 Å². The molecular formula is C23H16FeO2. The maximum atomic E-state index is 12.4. The first kappa shape index (κ1) is 17.9. The Balaban J connectivity index is 0.000000285. The van der Waals surface area contributed by atoms with E-state index in [0.717, 1.165) is 16.3 Å². The van der Waals surface area contributed by atoms with Gasteiger partial charge < -0.3 is 9.84 Å². The van der Waals surface area contributed by atoms with Gasteiger partial charge in [-0.3, -0.25) is 0 Å². The van der Waals surface area contributed by atoms with Gasteiger partial charge in [0.2, 0.25) is 0 Å². The summed E-state index contributed by atoms with van der Waals surface area (Å²) in [4.78, 5) is 0. The molecule has 0 aromatic heterocycles. The molecule has 1 aliphatic heterocycles. The average Bonchev–Trinajstić information content (AvgIpc) is 3.37. The predicted octanol–water partition coefficient (Wildman–Crippen LogP) is 4.72. The quantitative estimate of drug-likeness (QED) is 0.418. The van der Waals surface area contributed by atoms with E-state index in [1.807, 2.05) is 91.0 Å². The van der Waals surface area contributed by atoms with Gasteiger partial charge in [-0.05, 0) is 22.9 Å². The fourth-order valence-electron chi connectivity index (χ4n) is 2.93. The van der Waals surface area contributed by atoms with Gasteiger partial charge in [-0.1, -0.05) is 60.4 Å². The van der Waals surface area contributed by atoms with E-state index >= 15 is 0 Å². The normalized spacial score (nSPS) is 14.1. The van der Waals surface area contributed by atoms with Crippen molar-refractivity contribution in [1.29, 1.82) is 0 Å². The number of hydrogen-bond acceptors (Lipinski definition) is 2. The summed E-state index contributed by atoms with van der Waals surface area (Å²) in [6.07, 6.45) is 9.31. The minimum Gasteiger partial charge on any atom is -0.872 e. The molecule has 1 heterocycles. The van der Waals surface area contributed by atoms with Crippen LogP contribution in [0.25, 0.3) is 16.5 Å². The van der Waals surface area contributed by atoms with Gasteiger partial charge in [-0.2, -0.15) is 18.2 Å². The number of fused-ring (bicyclic) bond motifs is 3. The van der Waals surface area contributed by atoms with Crippen LogP contribution in [-0.4, -0.2) is 0 Å². The van der Waals surface area contributed by atoms with Crippen LogP contribution in [0, 0.1) is 0 Å². The first-order valence-electron chi connectivity index (χ1n) is 8.17. The summed E-state index contributed by atoms with van der Waals surface area (Å²) >= 11 is 0. The Bertz CT molecular complexity index is 990. The number of hydrogen-bond donors (Lipinski definition) is 0. The zero-order valence-electron chi connectivity index (χ0n) is 13.9. The van der Waals surface area contributed by atoms with Gasteiger partial charge in [0.05, 0.1) is 0 Å². The molecule has 0 saturated carbocycles. The summed E-state index contributed by atoms with van der Waals surface area (Å²) < 4.78 is 5.90. The minimum atomic E-state index is -0.000694. The van der Waals surface area contributed by atoms with Crippen molar-refractivity contribution in [2.24, 2.45) is 0 Å². The van der Waals surface area contributed by atoms with Crippen LogP contribution < -0.4 is 9.84 Å².